The molecule has 0 radical (unpaired) electrons. The summed E-state index contributed by atoms with van der Waals surface area (Å²) in [5, 5.41) is -0.487. The normalized spacial score (nSPS) is 14.2. The van der Waals surface area contributed by atoms with Gasteiger partial charge in [-0.3, -0.25) is 0 Å². The van der Waals surface area contributed by atoms with E-state index in [1.807, 2.05) is 41.5 Å². The van der Waals surface area contributed by atoms with Crippen molar-refractivity contribution in [2.24, 2.45) is 0 Å². The Kier molecular flexibility index (Phi) is 5.66. The van der Waals surface area contributed by atoms with Crippen LogP contribution in [0.15, 0.2) is 0 Å². The Balaban J connectivity index is 4.92. The molecule has 3 nitrogen and oxygen atoms in total. The topological polar surface area (TPSA) is 49.7 Å². The lowest BCUT2D eigenvalue weighted by molar-refractivity contribution is -0.00851. The Bertz CT molecular complexity index is 208. The Morgan fingerprint density at radius 1 is 0.875 bits per heavy atom. The smallest absolute Gasteiger partial charge is 0.389 e. The predicted octanol–water partition coefficient (Wildman–Crippen LogP) is 3.09. The maximum absolute atomic E-state index is 10.3. The lowest BCUT2D eigenvalue weighted by Crippen LogP contribution is -2.55. The van der Waals surface area contributed by atoms with Crippen LogP contribution >= 0.6 is 0 Å². The molecule has 0 aromatic carbocycles. The fourth-order valence-electron chi connectivity index (χ4n) is 1.57. The second-order valence-electron chi connectivity index (χ2n) is 5.14. The number of hydrogen-bond donors (Lipinski definition) is 2. The summed E-state index contributed by atoms with van der Waals surface area (Å²) in [6.45, 7) is 11.9. The summed E-state index contributed by atoms with van der Waals surface area (Å²) in [7, 11) is -3.63. The van der Waals surface area contributed by atoms with E-state index in [0.29, 0.717) is 0 Å². The van der Waals surface area contributed by atoms with Crippen LogP contribution in [-0.4, -0.2) is 24.0 Å². The van der Waals surface area contributed by atoms with Crippen LogP contribution in [0.2, 0.25) is 5.04 Å². The maximum Gasteiger partial charge on any atom is 0.502 e. The van der Waals surface area contributed by atoms with Crippen LogP contribution in [0.1, 0.15) is 67.2 Å². The number of rotatable bonds is 7. The van der Waals surface area contributed by atoms with E-state index < -0.39 is 19.4 Å². The van der Waals surface area contributed by atoms with Gasteiger partial charge in [-0.25, -0.2) is 0 Å². The molecule has 0 saturated heterocycles. The summed E-state index contributed by atoms with van der Waals surface area (Å²) in [6, 6.07) is 0. The molecule has 4 heteroatoms. The summed E-state index contributed by atoms with van der Waals surface area (Å²) in [4.78, 5) is 20.6. The maximum atomic E-state index is 10.3. The highest BCUT2D eigenvalue weighted by atomic mass is 28.4. The fourth-order valence-corrected chi connectivity index (χ4v) is 3.72. The van der Waals surface area contributed by atoms with Crippen molar-refractivity contribution in [3.8, 4) is 0 Å². The first kappa shape index (κ1) is 16.1. The van der Waals surface area contributed by atoms with Crippen molar-refractivity contribution in [2.45, 2.75) is 77.9 Å². The van der Waals surface area contributed by atoms with E-state index in [1.54, 1.807) is 0 Å². The molecule has 0 aliphatic heterocycles. The zero-order chi connectivity index (χ0) is 13.0. The van der Waals surface area contributed by atoms with Gasteiger partial charge in [0.1, 0.15) is 0 Å². The van der Waals surface area contributed by atoms with E-state index in [2.05, 4.69) is 0 Å². The fraction of sp³-hybridized carbons (Fsp3) is 1.00. The Labute approximate surface area is 101 Å². The lowest BCUT2D eigenvalue weighted by atomic mass is 10.0. The van der Waals surface area contributed by atoms with Gasteiger partial charge in [-0.15, -0.1) is 0 Å². The largest absolute Gasteiger partial charge is 0.502 e. The van der Waals surface area contributed by atoms with Gasteiger partial charge in [0.15, 0.2) is 0 Å². The minimum Gasteiger partial charge on any atom is -0.389 e. The van der Waals surface area contributed by atoms with E-state index in [9.17, 15) is 9.59 Å². The van der Waals surface area contributed by atoms with Crippen LogP contribution in [0.3, 0.4) is 0 Å². The van der Waals surface area contributed by atoms with Crippen molar-refractivity contribution >= 4 is 8.80 Å². The van der Waals surface area contributed by atoms with Crippen LogP contribution in [0.4, 0.5) is 0 Å². The lowest BCUT2D eigenvalue weighted by Gasteiger charge is -2.41. The van der Waals surface area contributed by atoms with E-state index in [4.69, 9.17) is 4.43 Å². The zero-order valence-corrected chi connectivity index (χ0v) is 12.6. The molecule has 0 fully saturated rings. The monoisotopic (exact) mass is 248 g/mol. The molecule has 2 N–H and O–H groups in total. The van der Waals surface area contributed by atoms with Crippen LogP contribution in [0, 0.1) is 0 Å². The van der Waals surface area contributed by atoms with Crippen LogP contribution in [-0.2, 0) is 4.43 Å². The Hall–Kier alpha value is 0.0969. The van der Waals surface area contributed by atoms with Crippen molar-refractivity contribution < 1.29 is 14.0 Å². The van der Waals surface area contributed by atoms with Gasteiger partial charge in [0.2, 0.25) is 0 Å². The summed E-state index contributed by atoms with van der Waals surface area (Å²) >= 11 is 0. The van der Waals surface area contributed by atoms with Crippen LogP contribution < -0.4 is 0 Å². The van der Waals surface area contributed by atoms with E-state index in [0.717, 1.165) is 25.7 Å². The molecule has 0 rings (SSSR count). The van der Waals surface area contributed by atoms with Gasteiger partial charge < -0.3 is 14.0 Å². The van der Waals surface area contributed by atoms with Crippen LogP contribution in [0.25, 0.3) is 0 Å². The van der Waals surface area contributed by atoms with Crippen molar-refractivity contribution in [1.29, 1.82) is 0 Å². The average Bonchev–Trinajstić information content (AvgIpc) is 2.26. The first-order chi connectivity index (χ1) is 7.20. The molecule has 0 saturated carbocycles. The SMILES string of the molecule is CCC(C)(CC)O[Si](O)(O)C(C)(CC)CC. The Morgan fingerprint density at radius 3 is 1.50 bits per heavy atom. The quantitative estimate of drug-likeness (QED) is 0.681. The number of hydrogen-bond acceptors (Lipinski definition) is 3. The van der Waals surface area contributed by atoms with Gasteiger partial charge in [-0.2, -0.15) is 0 Å². The van der Waals surface area contributed by atoms with Gasteiger partial charge in [0.05, 0.1) is 5.60 Å². The molecule has 0 aromatic heterocycles. The second kappa shape index (κ2) is 5.62. The zero-order valence-electron chi connectivity index (χ0n) is 11.6. The Morgan fingerprint density at radius 2 is 1.25 bits per heavy atom. The highest BCUT2D eigenvalue weighted by molar-refractivity contribution is 6.61. The third kappa shape index (κ3) is 3.29. The summed E-state index contributed by atoms with van der Waals surface area (Å²) in [5.74, 6) is 0. The van der Waals surface area contributed by atoms with E-state index >= 15 is 0 Å². The van der Waals surface area contributed by atoms with Crippen molar-refractivity contribution in [3.05, 3.63) is 0 Å². The predicted molar refractivity (Wildman–Crippen MR) is 69.2 cm³/mol. The average molecular weight is 248 g/mol. The van der Waals surface area contributed by atoms with Crippen molar-refractivity contribution in [2.75, 3.05) is 0 Å². The molecular weight excluding hydrogens is 220 g/mol. The molecule has 0 atom stereocenters. The standard InChI is InChI=1S/C12H28O3Si/c1-7-11(5,8-2)15-16(13,14)12(6,9-3)10-4/h13-14H,7-10H2,1-6H3. The molecule has 0 aliphatic rings. The molecule has 0 heterocycles. The molecule has 0 aromatic rings. The van der Waals surface area contributed by atoms with Gasteiger partial charge in [-0.1, -0.05) is 34.6 Å². The molecule has 0 aliphatic carbocycles. The molecule has 16 heavy (non-hydrogen) atoms. The summed E-state index contributed by atoms with van der Waals surface area (Å²) in [6.07, 6.45) is 3.05. The van der Waals surface area contributed by atoms with E-state index in [1.165, 1.54) is 0 Å². The van der Waals surface area contributed by atoms with Crippen molar-refractivity contribution in [3.63, 3.8) is 0 Å². The minimum atomic E-state index is -3.63. The van der Waals surface area contributed by atoms with Gasteiger partial charge >= 0.3 is 8.80 Å². The molecule has 98 valence electrons. The molecule has 0 amide bonds. The summed E-state index contributed by atoms with van der Waals surface area (Å²) < 4.78 is 5.72. The van der Waals surface area contributed by atoms with Crippen LogP contribution in [0.5, 0.6) is 0 Å². The first-order valence-corrected chi connectivity index (χ1v) is 8.15. The molecule has 0 unspecified atom stereocenters. The second-order valence-corrected chi connectivity index (χ2v) is 7.76. The highest BCUT2D eigenvalue weighted by Gasteiger charge is 2.53. The summed E-state index contributed by atoms with van der Waals surface area (Å²) in [5.41, 5.74) is -0.415. The van der Waals surface area contributed by atoms with Gasteiger partial charge in [0.25, 0.3) is 0 Å². The molecule has 0 bridgehead atoms. The van der Waals surface area contributed by atoms with Gasteiger partial charge in [0, 0.05) is 5.04 Å². The van der Waals surface area contributed by atoms with Gasteiger partial charge in [-0.05, 0) is 32.6 Å². The first-order valence-electron chi connectivity index (χ1n) is 6.35. The minimum absolute atomic E-state index is 0.415. The van der Waals surface area contributed by atoms with E-state index in [-0.39, 0.29) is 0 Å². The third-order valence-corrected chi connectivity index (χ3v) is 7.29. The van der Waals surface area contributed by atoms with Crippen molar-refractivity contribution in [1.82, 2.24) is 0 Å². The molecular formula is C12H28O3Si. The highest BCUT2D eigenvalue weighted by Crippen LogP contribution is 2.44. The third-order valence-electron chi connectivity index (χ3n) is 4.23. The molecule has 0 spiro atoms.